The van der Waals surface area contributed by atoms with Crippen molar-refractivity contribution in [3.8, 4) is 0 Å². The van der Waals surface area contributed by atoms with Gasteiger partial charge in [-0.05, 0) is 63.7 Å². The molecule has 0 aromatic heterocycles. The van der Waals surface area contributed by atoms with Gasteiger partial charge in [-0.1, -0.05) is 0 Å². The van der Waals surface area contributed by atoms with Crippen LogP contribution < -0.4 is 0 Å². The van der Waals surface area contributed by atoms with Crippen molar-refractivity contribution in [1.82, 2.24) is 5.06 Å². The highest BCUT2D eigenvalue weighted by Gasteiger charge is 2.40. The second-order valence-corrected chi connectivity index (χ2v) is 6.10. The highest BCUT2D eigenvalue weighted by Crippen LogP contribution is 2.44. The molecule has 1 aromatic rings. The van der Waals surface area contributed by atoms with Crippen LogP contribution in [0.5, 0.6) is 0 Å². The molecule has 0 spiro atoms. The molecule has 1 heterocycles. The lowest BCUT2D eigenvalue weighted by molar-refractivity contribution is -0.0327. The summed E-state index contributed by atoms with van der Waals surface area (Å²) in [7, 11) is 0. The van der Waals surface area contributed by atoms with Gasteiger partial charge in [0, 0.05) is 17.9 Å². The number of halogens is 4. The zero-order valence-electron chi connectivity index (χ0n) is 7.22. The van der Waals surface area contributed by atoms with E-state index >= 15 is 0 Å². The van der Waals surface area contributed by atoms with Gasteiger partial charge in [-0.15, -0.1) is 5.06 Å². The fourth-order valence-corrected chi connectivity index (χ4v) is 3.79. The molecule has 2 amide bonds. The first-order valence-corrected chi connectivity index (χ1v) is 6.98. The van der Waals surface area contributed by atoms with Crippen LogP contribution in [0.1, 0.15) is 20.7 Å². The van der Waals surface area contributed by atoms with E-state index in [0.29, 0.717) is 17.9 Å². The minimum Gasteiger partial charge on any atom is -0.278 e. The molecule has 0 radical (unpaired) electrons. The average molecular weight is 479 g/mol. The summed E-state index contributed by atoms with van der Waals surface area (Å²) in [6.45, 7) is 0. The molecule has 0 saturated heterocycles. The highest BCUT2D eigenvalue weighted by molar-refractivity contribution is 9.15. The van der Waals surface area contributed by atoms with E-state index in [9.17, 15) is 14.8 Å². The Labute approximate surface area is 123 Å². The van der Waals surface area contributed by atoms with Crippen LogP contribution in [0.4, 0.5) is 0 Å². The molecule has 1 aromatic carbocycles. The van der Waals surface area contributed by atoms with E-state index in [1.165, 1.54) is 0 Å². The molecule has 8 heteroatoms. The Hall–Kier alpha value is 0.240. The molecule has 0 fully saturated rings. The molecule has 1 N–H and O–H groups in total. The third-order valence-electron chi connectivity index (χ3n) is 2.08. The molecule has 4 nitrogen and oxygen atoms in total. The zero-order chi connectivity index (χ0) is 12.2. The van der Waals surface area contributed by atoms with Crippen LogP contribution in [0.15, 0.2) is 17.9 Å². The Bertz CT molecular complexity index is 496. The fraction of sp³-hybridized carbons (Fsp3) is 0. The van der Waals surface area contributed by atoms with Crippen molar-refractivity contribution in [3.63, 3.8) is 0 Å². The first-order valence-electron chi connectivity index (χ1n) is 3.81. The molecule has 0 aliphatic carbocycles. The number of hydrogen-bond donors (Lipinski definition) is 1. The number of hydrogen-bond acceptors (Lipinski definition) is 3. The van der Waals surface area contributed by atoms with Gasteiger partial charge in [0.15, 0.2) is 0 Å². The van der Waals surface area contributed by atoms with Gasteiger partial charge in [0.2, 0.25) is 0 Å². The molecule has 0 saturated carbocycles. The van der Waals surface area contributed by atoms with E-state index in [1.54, 1.807) is 0 Å². The van der Waals surface area contributed by atoms with Crippen molar-refractivity contribution in [2.24, 2.45) is 0 Å². The van der Waals surface area contributed by atoms with Gasteiger partial charge >= 0.3 is 0 Å². The van der Waals surface area contributed by atoms with Gasteiger partial charge in [0.05, 0.1) is 11.1 Å². The van der Waals surface area contributed by atoms with Crippen LogP contribution in [0.3, 0.4) is 0 Å². The quantitative estimate of drug-likeness (QED) is 0.268. The molecule has 16 heavy (non-hydrogen) atoms. The van der Waals surface area contributed by atoms with Gasteiger partial charge in [-0.25, -0.2) is 0 Å². The summed E-state index contributed by atoms with van der Waals surface area (Å²) in [5.74, 6) is -1.50. The monoisotopic (exact) mass is 475 g/mol. The van der Waals surface area contributed by atoms with Gasteiger partial charge in [0.1, 0.15) is 0 Å². The van der Waals surface area contributed by atoms with E-state index < -0.39 is 11.8 Å². The van der Waals surface area contributed by atoms with Crippen LogP contribution in [0.2, 0.25) is 0 Å². The standard InChI is InChI=1S/C8HBr4NO3/c9-3-1-2(4(10)6(12)5(3)11)8(15)13(16)7(1)14/h16H. The van der Waals surface area contributed by atoms with Gasteiger partial charge in [0.25, 0.3) is 11.8 Å². The van der Waals surface area contributed by atoms with Gasteiger partial charge in [-0.2, -0.15) is 0 Å². The Morgan fingerprint density at radius 2 is 1.06 bits per heavy atom. The molecule has 84 valence electrons. The van der Waals surface area contributed by atoms with Gasteiger partial charge in [-0.3, -0.25) is 14.8 Å². The Morgan fingerprint density at radius 3 is 1.38 bits per heavy atom. The van der Waals surface area contributed by atoms with Crippen LogP contribution in [0, 0.1) is 0 Å². The predicted octanol–water partition coefficient (Wildman–Crippen LogP) is 3.72. The SMILES string of the molecule is O=C1c2c(Br)c(Br)c(Br)c(Br)c2C(=O)N1O. The summed E-state index contributed by atoms with van der Waals surface area (Å²) in [5.41, 5.74) is 0.268. The maximum atomic E-state index is 11.6. The number of rotatable bonds is 0. The average Bonchev–Trinajstić information content (AvgIpc) is 2.48. The van der Waals surface area contributed by atoms with Crippen molar-refractivity contribution in [2.75, 3.05) is 0 Å². The predicted molar refractivity (Wildman–Crippen MR) is 69.5 cm³/mol. The number of hydroxylamine groups is 2. The summed E-state index contributed by atoms with van der Waals surface area (Å²) >= 11 is 12.9. The van der Waals surface area contributed by atoms with Crippen molar-refractivity contribution in [1.29, 1.82) is 0 Å². The number of nitrogens with zero attached hydrogens (tertiary/aromatic N) is 1. The Kier molecular flexibility index (Phi) is 3.30. The second kappa shape index (κ2) is 4.16. The third-order valence-corrected chi connectivity index (χ3v) is 6.85. The molecular formula is C8HBr4NO3. The van der Waals surface area contributed by atoms with Crippen molar-refractivity contribution in [3.05, 3.63) is 29.0 Å². The van der Waals surface area contributed by atoms with Crippen LogP contribution in [0.25, 0.3) is 0 Å². The summed E-state index contributed by atoms with van der Waals surface area (Å²) in [6.07, 6.45) is 0. The lowest BCUT2D eigenvalue weighted by atomic mass is 10.1. The number of carbonyl (C=O) groups excluding carboxylic acids is 2. The Balaban J connectivity index is 2.91. The molecule has 2 rings (SSSR count). The van der Waals surface area contributed by atoms with Crippen molar-refractivity contribution in [2.45, 2.75) is 0 Å². The Morgan fingerprint density at radius 1 is 0.750 bits per heavy atom. The first kappa shape index (κ1) is 12.7. The maximum absolute atomic E-state index is 11.6. The zero-order valence-corrected chi connectivity index (χ0v) is 13.6. The minimum absolute atomic E-state index is 0.0963. The fourth-order valence-electron chi connectivity index (χ4n) is 1.34. The van der Waals surface area contributed by atoms with E-state index in [1.807, 2.05) is 0 Å². The maximum Gasteiger partial charge on any atom is 0.286 e. The lowest BCUT2D eigenvalue weighted by Gasteiger charge is -2.07. The summed E-state index contributed by atoms with van der Waals surface area (Å²) in [6, 6.07) is 0. The number of carbonyl (C=O) groups is 2. The largest absolute Gasteiger partial charge is 0.286 e. The highest BCUT2D eigenvalue weighted by atomic mass is 79.9. The summed E-state index contributed by atoms with van der Waals surface area (Å²) in [4.78, 5) is 23.2. The van der Waals surface area contributed by atoms with Crippen LogP contribution in [-0.4, -0.2) is 22.1 Å². The van der Waals surface area contributed by atoms with E-state index in [0.717, 1.165) is 0 Å². The normalized spacial score (nSPS) is 14.7. The topological polar surface area (TPSA) is 57.6 Å². The van der Waals surface area contributed by atoms with Crippen LogP contribution in [-0.2, 0) is 0 Å². The first-order chi connectivity index (χ1) is 7.37. The molecule has 1 aliphatic rings. The summed E-state index contributed by atoms with van der Waals surface area (Å²) in [5, 5.41) is 9.38. The minimum atomic E-state index is -0.749. The smallest absolute Gasteiger partial charge is 0.278 e. The summed E-state index contributed by atoms with van der Waals surface area (Å²) < 4.78 is 2.03. The second-order valence-electron chi connectivity index (χ2n) is 2.93. The molecule has 0 bridgehead atoms. The van der Waals surface area contributed by atoms with E-state index in [4.69, 9.17) is 0 Å². The number of fused-ring (bicyclic) bond motifs is 1. The molecule has 1 aliphatic heterocycles. The van der Waals surface area contributed by atoms with Gasteiger partial charge < -0.3 is 0 Å². The lowest BCUT2D eigenvalue weighted by Crippen LogP contribution is -2.25. The van der Waals surface area contributed by atoms with E-state index in [-0.39, 0.29) is 16.2 Å². The molecular weight excluding hydrogens is 478 g/mol. The van der Waals surface area contributed by atoms with Crippen LogP contribution >= 0.6 is 63.7 Å². The molecule has 0 unspecified atom stereocenters. The van der Waals surface area contributed by atoms with E-state index in [2.05, 4.69) is 63.7 Å². The number of benzene rings is 1. The third kappa shape index (κ3) is 1.54. The number of imide groups is 1. The van der Waals surface area contributed by atoms with Crippen molar-refractivity contribution >= 4 is 75.5 Å². The number of amides is 2. The molecule has 0 atom stereocenters. The van der Waals surface area contributed by atoms with Crippen molar-refractivity contribution < 1.29 is 14.8 Å².